The molecule has 0 saturated carbocycles. The van der Waals surface area contributed by atoms with Gasteiger partial charge in [-0.1, -0.05) is 32.1 Å². The Labute approximate surface area is 313 Å². The minimum Gasteiger partial charge on any atom is -0.850 e. The van der Waals surface area contributed by atoms with Gasteiger partial charge in [-0.05, 0) is 83.0 Å². The molecule has 1 heterocycles. The first-order valence-corrected chi connectivity index (χ1v) is 16.4. The number of methoxy groups -OCH3 is 3. The number of hydrogen-bond donors (Lipinski definition) is 3. The fourth-order valence-electron chi connectivity index (χ4n) is 5.88. The Balaban J connectivity index is 0.0000120. The van der Waals surface area contributed by atoms with E-state index in [1.807, 2.05) is 14.0 Å². The number of fused-ring (bicyclic) bond motifs is 2. The zero-order valence-corrected chi connectivity index (χ0v) is 32.9. The van der Waals surface area contributed by atoms with Gasteiger partial charge >= 0.3 is 41.7 Å². The molecule has 2 bridgehead atoms. The average Bonchev–Trinajstić information content (AvgIpc) is 3.03. The Morgan fingerprint density at radius 1 is 1.12 bits per heavy atom. The number of primary amides is 1. The van der Waals surface area contributed by atoms with Crippen molar-refractivity contribution in [2.75, 3.05) is 53.8 Å². The van der Waals surface area contributed by atoms with Crippen LogP contribution in [-0.4, -0.2) is 95.9 Å². The van der Waals surface area contributed by atoms with Gasteiger partial charge in [-0.15, -0.1) is 0 Å². The molecule has 6 atom stereocenters. The first-order valence-electron chi connectivity index (χ1n) is 16.4. The fourth-order valence-corrected chi connectivity index (χ4v) is 5.88. The molecule has 0 aliphatic carbocycles. The normalized spacial score (nSPS) is 26.1. The van der Waals surface area contributed by atoms with Gasteiger partial charge in [0.15, 0.2) is 17.6 Å². The smallest absolute Gasteiger partial charge is 0.850 e. The Hall–Kier alpha value is -2.65. The summed E-state index contributed by atoms with van der Waals surface area (Å²) in [5, 5.41) is 19.7. The van der Waals surface area contributed by atoms with Crippen molar-refractivity contribution in [1.82, 2.24) is 10.2 Å². The summed E-state index contributed by atoms with van der Waals surface area (Å²) in [6.45, 7) is 8.48. The number of benzene rings is 1. The van der Waals surface area contributed by atoms with Crippen LogP contribution in [0.2, 0.25) is 0 Å². The van der Waals surface area contributed by atoms with Crippen LogP contribution >= 0.6 is 0 Å². The van der Waals surface area contributed by atoms with E-state index in [4.69, 9.17) is 29.4 Å². The molecule has 270 valence electrons. The topological polar surface area (TPSA) is 174 Å². The minimum atomic E-state index is -1.14. The largest absolute Gasteiger partial charge is 1.00 e. The summed E-state index contributed by atoms with van der Waals surface area (Å²) in [5.41, 5.74) is 7.58. The van der Waals surface area contributed by atoms with E-state index in [1.54, 1.807) is 52.1 Å². The molecule has 4 N–H and O–H groups in total. The van der Waals surface area contributed by atoms with E-state index >= 15 is 0 Å². The molecule has 0 spiro atoms. The van der Waals surface area contributed by atoms with Crippen molar-refractivity contribution in [3.8, 4) is 11.5 Å². The maximum absolute atomic E-state index is 13.7. The van der Waals surface area contributed by atoms with Gasteiger partial charge in [0, 0.05) is 56.8 Å². The number of nitrogens with two attached hydrogens (primary N) is 1. The maximum Gasteiger partial charge on any atom is 1.00 e. The molecule has 0 fully saturated rings. The van der Waals surface area contributed by atoms with Crippen LogP contribution in [0.15, 0.2) is 35.4 Å². The molecule has 1 aromatic rings. The molecule has 3 amide bonds. The summed E-state index contributed by atoms with van der Waals surface area (Å²) in [7, 11) is 8.01. The first-order chi connectivity index (χ1) is 22.8. The molecular formula is C35H55N4NaO9. The number of anilines is 1. The van der Waals surface area contributed by atoms with Crippen molar-refractivity contribution in [2.24, 2.45) is 17.6 Å². The van der Waals surface area contributed by atoms with E-state index in [0.717, 1.165) is 13.0 Å². The Kier molecular flexibility index (Phi) is 20.1. The van der Waals surface area contributed by atoms with Crippen molar-refractivity contribution in [3.63, 3.8) is 0 Å². The van der Waals surface area contributed by atoms with Crippen LogP contribution < -0.4 is 60.5 Å². The Morgan fingerprint density at radius 2 is 1.80 bits per heavy atom. The first kappa shape index (κ1) is 44.4. The van der Waals surface area contributed by atoms with E-state index in [0.29, 0.717) is 60.4 Å². The van der Waals surface area contributed by atoms with Crippen LogP contribution in [-0.2, 0) is 25.4 Å². The Morgan fingerprint density at radius 3 is 2.39 bits per heavy atom. The van der Waals surface area contributed by atoms with Crippen molar-refractivity contribution < 1.29 is 72.7 Å². The number of nitrogens with one attached hydrogen (secondary N) is 2. The molecule has 49 heavy (non-hydrogen) atoms. The average molecular weight is 699 g/mol. The van der Waals surface area contributed by atoms with Gasteiger partial charge < -0.3 is 50.1 Å². The van der Waals surface area contributed by atoms with Crippen LogP contribution in [0, 0.1) is 11.8 Å². The molecular weight excluding hydrogens is 643 g/mol. The third kappa shape index (κ3) is 13.9. The minimum absolute atomic E-state index is 0. The molecule has 1 aliphatic heterocycles. The number of allylic oxidation sites excluding steroid dienone is 1. The summed E-state index contributed by atoms with van der Waals surface area (Å²) in [5.74, 6) is -0.391. The predicted molar refractivity (Wildman–Crippen MR) is 182 cm³/mol. The Bertz CT molecular complexity index is 1290. The van der Waals surface area contributed by atoms with E-state index in [2.05, 4.69) is 10.6 Å². The van der Waals surface area contributed by atoms with Crippen LogP contribution in [0.4, 0.5) is 15.3 Å². The SMILES string of the molecule is CNCCCN(C)C(=O)Oc1cc2cc(c1OC)C[C@@H](C)C[C@H](OC)[C@H]([O-])[C@@H](C)/C=C(\C)[C@H](OC(N)=O)[C@@H](OC)CC/C=C(\C)C(=O)N2.[Na+]. The van der Waals surface area contributed by atoms with Gasteiger partial charge in [-0.3, -0.25) is 4.79 Å². The van der Waals surface area contributed by atoms with Gasteiger partial charge in [0.1, 0.15) is 0 Å². The maximum atomic E-state index is 13.7. The number of nitrogens with zero attached hydrogens (tertiary/aromatic N) is 1. The van der Waals surface area contributed by atoms with Crippen molar-refractivity contribution in [2.45, 2.75) is 84.2 Å². The van der Waals surface area contributed by atoms with Gasteiger partial charge in [0.2, 0.25) is 0 Å². The van der Waals surface area contributed by atoms with Gasteiger partial charge in [-0.25, -0.2) is 9.59 Å². The number of carbonyl (C=O) groups excluding carboxylic acids is 3. The fraction of sp³-hybridized carbons (Fsp3) is 0.629. The number of rotatable bonds is 9. The number of carbonyl (C=O) groups is 3. The third-order valence-electron chi connectivity index (χ3n) is 8.53. The van der Waals surface area contributed by atoms with E-state index in [-0.39, 0.29) is 47.1 Å². The molecule has 0 radical (unpaired) electrons. The summed E-state index contributed by atoms with van der Waals surface area (Å²) in [4.78, 5) is 39.7. The molecule has 1 aliphatic rings. The molecule has 0 unspecified atom stereocenters. The second-order valence-corrected chi connectivity index (χ2v) is 12.5. The molecule has 14 heteroatoms. The van der Waals surface area contributed by atoms with E-state index in [1.165, 1.54) is 26.2 Å². The standard InChI is InChI=1S/C35H55N4O9.Na/c1-21-16-25-19-26(20-29(32(25)46-9)47-35(43)39(6)15-11-14-37-5)38-33(41)22(2)12-10-13-27(44-7)31(48-34(36)42)24(4)18-23(3)30(40)28(17-21)45-8;/h12,18-21,23,27-28,30-31,37H,10-11,13-17H2,1-9H3,(H2,36,42)(H,38,41);/q-1;+1/b22-12+,24-18+;/t21-,23+,27+,28+,30-,31+;/m1./s1. The summed E-state index contributed by atoms with van der Waals surface area (Å²) in [6, 6.07) is 3.36. The van der Waals surface area contributed by atoms with Gasteiger partial charge in [0.25, 0.3) is 5.91 Å². The summed E-state index contributed by atoms with van der Waals surface area (Å²) in [6.07, 6.45) is 1.21. The van der Waals surface area contributed by atoms with Gasteiger partial charge in [0.05, 0.1) is 13.2 Å². The number of amides is 3. The van der Waals surface area contributed by atoms with Crippen molar-refractivity contribution in [1.29, 1.82) is 0 Å². The molecule has 2 rings (SSSR count). The second-order valence-electron chi connectivity index (χ2n) is 12.5. The zero-order chi connectivity index (χ0) is 36.0. The third-order valence-corrected chi connectivity index (χ3v) is 8.53. The van der Waals surface area contributed by atoms with E-state index < -0.39 is 42.5 Å². The van der Waals surface area contributed by atoms with Crippen LogP contribution in [0.25, 0.3) is 0 Å². The number of ether oxygens (including phenoxy) is 5. The van der Waals surface area contributed by atoms with Crippen LogP contribution in [0.3, 0.4) is 0 Å². The molecule has 0 saturated heterocycles. The van der Waals surface area contributed by atoms with E-state index in [9.17, 15) is 19.5 Å². The molecule has 1 aromatic carbocycles. The number of hydrogen-bond acceptors (Lipinski definition) is 10. The van der Waals surface area contributed by atoms with Crippen LogP contribution in [0.5, 0.6) is 11.5 Å². The zero-order valence-electron chi connectivity index (χ0n) is 30.9. The molecule has 0 aromatic heterocycles. The van der Waals surface area contributed by atoms with Crippen molar-refractivity contribution >= 4 is 23.8 Å². The quantitative estimate of drug-likeness (QED) is 0.190. The van der Waals surface area contributed by atoms with Crippen molar-refractivity contribution in [3.05, 3.63) is 41.0 Å². The summed E-state index contributed by atoms with van der Waals surface area (Å²) >= 11 is 0. The second kappa shape index (κ2) is 22.2. The predicted octanol–water partition coefficient (Wildman–Crippen LogP) is 0.792. The molecule has 13 nitrogen and oxygen atoms in total. The van der Waals surface area contributed by atoms with Gasteiger partial charge in [-0.2, -0.15) is 0 Å². The summed E-state index contributed by atoms with van der Waals surface area (Å²) < 4.78 is 28.4. The monoisotopic (exact) mass is 698 g/mol. The van der Waals surface area contributed by atoms with Crippen LogP contribution in [0.1, 0.15) is 58.9 Å².